The molecule has 1 aliphatic carbocycles. The fourth-order valence-corrected chi connectivity index (χ4v) is 4.52. The molecule has 0 saturated heterocycles. The zero-order valence-corrected chi connectivity index (χ0v) is 19.2. The van der Waals surface area contributed by atoms with E-state index in [4.69, 9.17) is 16.3 Å². The summed E-state index contributed by atoms with van der Waals surface area (Å²) in [4.78, 5) is 26.7. The molecule has 0 radical (unpaired) electrons. The molecule has 0 bridgehead atoms. The lowest BCUT2D eigenvalue weighted by Crippen LogP contribution is -2.30. The maximum atomic E-state index is 15.2. The fourth-order valence-electron chi connectivity index (χ4n) is 4.52. The lowest BCUT2D eigenvalue weighted by Gasteiger charge is -2.19. The molecule has 1 spiro atoms. The summed E-state index contributed by atoms with van der Waals surface area (Å²) in [6, 6.07) is 5.36. The molecule has 3 aromatic heterocycles. The number of carbonyl (C=O) groups is 1. The number of nitrogens with one attached hydrogen (secondary N) is 1. The minimum Gasteiger partial charge on any atom is -0.397 e. The Balaban J connectivity index is 1.38. The normalized spacial score (nSPS) is 16.4. The van der Waals surface area contributed by atoms with Crippen LogP contribution in [0.15, 0.2) is 36.8 Å². The number of nitrogens with two attached hydrogens (primary N) is 2. The predicted octanol–water partition coefficient (Wildman–Crippen LogP) is 3.24. The van der Waals surface area contributed by atoms with E-state index >= 15 is 4.39 Å². The summed E-state index contributed by atoms with van der Waals surface area (Å²) < 4.78 is 16.9. The van der Waals surface area contributed by atoms with Gasteiger partial charge in [-0.25, -0.2) is 14.4 Å². The number of likely N-dealkylation sites (N-methyl/N-ethyl adjacent to an activating group) is 1. The number of hydrogen-bond donors (Lipinski definition) is 3. The number of nitrogens with zero attached hydrogens (tertiary/aromatic N) is 5. The Morgan fingerprint density at radius 2 is 1.91 bits per heavy atom. The van der Waals surface area contributed by atoms with Gasteiger partial charge in [0.2, 0.25) is 0 Å². The highest BCUT2D eigenvalue weighted by molar-refractivity contribution is 5.98. The maximum Gasteiger partial charge on any atom is 0.267 e. The van der Waals surface area contributed by atoms with Crippen LogP contribution in [0.2, 0.25) is 0 Å². The van der Waals surface area contributed by atoms with Gasteiger partial charge in [-0.3, -0.25) is 19.3 Å². The van der Waals surface area contributed by atoms with Gasteiger partial charge >= 0.3 is 0 Å². The first-order valence-electron chi connectivity index (χ1n) is 11.1. The topological polar surface area (TPSA) is 137 Å². The number of aromatic nitrogens is 4. The van der Waals surface area contributed by atoms with Crippen LogP contribution < -0.4 is 16.8 Å². The Hall–Kier alpha value is -4.25. The van der Waals surface area contributed by atoms with Crippen molar-refractivity contribution in [3.63, 3.8) is 0 Å². The van der Waals surface area contributed by atoms with E-state index in [1.165, 1.54) is 17.5 Å². The molecule has 1 saturated carbocycles. The standard InChI is InChI=1S/C24H23FN8O2/c1-12-15(8-28-10-17(12)26)14-5-13-6-19(29-9-16(13)23(27)22(14)25)30-20-7-18-24(3-4-24)35-32(2)21(34)11-33(18)31-20/h5-10H,3-4,11,26-27H2,1-2H3,(H,29,30,31). The highest BCUT2D eigenvalue weighted by Crippen LogP contribution is 2.51. The minimum atomic E-state index is -0.544. The van der Waals surface area contributed by atoms with Gasteiger partial charge in [-0.1, -0.05) is 0 Å². The number of rotatable bonds is 3. The monoisotopic (exact) mass is 474 g/mol. The second-order valence-corrected chi connectivity index (χ2v) is 9.02. The zero-order chi connectivity index (χ0) is 24.5. The highest BCUT2D eigenvalue weighted by atomic mass is 19.1. The molecule has 178 valence electrons. The van der Waals surface area contributed by atoms with Crippen LogP contribution in [0, 0.1) is 12.7 Å². The lowest BCUT2D eigenvalue weighted by atomic mass is 9.97. The summed E-state index contributed by atoms with van der Waals surface area (Å²) in [5.74, 6) is 0.312. The Morgan fingerprint density at radius 3 is 2.69 bits per heavy atom. The molecule has 5 N–H and O–H groups in total. The van der Waals surface area contributed by atoms with Crippen LogP contribution in [0.3, 0.4) is 0 Å². The van der Waals surface area contributed by atoms with Crippen molar-refractivity contribution in [3.8, 4) is 11.1 Å². The number of pyridine rings is 2. The van der Waals surface area contributed by atoms with E-state index in [-0.39, 0.29) is 18.1 Å². The number of benzene rings is 1. The molecule has 1 amide bonds. The number of carbonyl (C=O) groups excluding carboxylic acids is 1. The fraction of sp³-hybridized carbons (Fsp3) is 0.250. The van der Waals surface area contributed by atoms with Crippen molar-refractivity contribution in [1.82, 2.24) is 24.8 Å². The van der Waals surface area contributed by atoms with E-state index in [0.29, 0.717) is 39.2 Å². The summed E-state index contributed by atoms with van der Waals surface area (Å²) >= 11 is 0. The average Bonchev–Trinajstić information content (AvgIpc) is 3.51. The molecule has 1 aromatic carbocycles. The summed E-state index contributed by atoms with van der Waals surface area (Å²) in [7, 11) is 1.62. The van der Waals surface area contributed by atoms with Crippen molar-refractivity contribution in [3.05, 3.63) is 53.9 Å². The van der Waals surface area contributed by atoms with Crippen molar-refractivity contribution in [1.29, 1.82) is 0 Å². The molecule has 1 aliphatic heterocycles. The SMILES string of the molecule is Cc1c(N)cncc1-c1cc2cc(Nc3cc4n(n3)CC(=O)N(C)OC43CC3)ncc2c(N)c1F. The molecule has 1 fully saturated rings. The van der Waals surface area contributed by atoms with Crippen LogP contribution in [0.5, 0.6) is 0 Å². The van der Waals surface area contributed by atoms with Gasteiger partial charge in [0.1, 0.15) is 18.0 Å². The second kappa shape index (κ2) is 7.37. The van der Waals surface area contributed by atoms with E-state index in [1.54, 1.807) is 30.1 Å². The van der Waals surface area contributed by atoms with Crippen LogP contribution in [-0.2, 0) is 21.8 Å². The maximum absolute atomic E-state index is 15.2. The van der Waals surface area contributed by atoms with Crippen LogP contribution in [0.4, 0.5) is 27.4 Å². The molecule has 0 unspecified atom stereocenters. The quantitative estimate of drug-likeness (QED) is 0.385. The van der Waals surface area contributed by atoms with Gasteiger partial charge in [-0.15, -0.1) is 0 Å². The van der Waals surface area contributed by atoms with Gasteiger partial charge in [0.25, 0.3) is 5.91 Å². The first-order valence-corrected chi connectivity index (χ1v) is 11.1. The molecular formula is C24H23FN8O2. The Bertz CT molecular complexity index is 1530. The molecule has 0 atom stereocenters. The number of nitrogen functional groups attached to an aromatic ring is 2. The van der Waals surface area contributed by atoms with Crippen LogP contribution in [-0.4, -0.2) is 37.8 Å². The number of halogens is 1. The lowest BCUT2D eigenvalue weighted by molar-refractivity contribution is -0.203. The Kier molecular flexibility index (Phi) is 4.49. The largest absolute Gasteiger partial charge is 0.397 e. The average molecular weight is 475 g/mol. The van der Waals surface area contributed by atoms with Crippen molar-refractivity contribution >= 4 is 39.7 Å². The van der Waals surface area contributed by atoms with Crippen molar-refractivity contribution in [2.24, 2.45) is 0 Å². The smallest absolute Gasteiger partial charge is 0.267 e. The number of anilines is 4. The van der Waals surface area contributed by atoms with E-state index in [1.807, 2.05) is 13.0 Å². The van der Waals surface area contributed by atoms with Crippen molar-refractivity contribution in [2.75, 3.05) is 23.8 Å². The summed E-state index contributed by atoms with van der Waals surface area (Å²) in [5, 5.41) is 10.2. The van der Waals surface area contributed by atoms with E-state index in [9.17, 15) is 4.79 Å². The Morgan fingerprint density at radius 1 is 1.11 bits per heavy atom. The van der Waals surface area contributed by atoms with Crippen molar-refractivity contribution in [2.45, 2.75) is 31.9 Å². The van der Waals surface area contributed by atoms with E-state index in [0.717, 1.165) is 24.1 Å². The van der Waals surface area contributed by atoms with Gasteiger partial charge in [0.05, 0.1) is 23.3 Å². The molecule has 4 heterocycles. The number of hydrogen-bond acceptors (Lipinski definition) is 8. The summed E-state index contributed by atoms with van der Waals surface area (Å²) in [6.07, 6.45) is 6.26. The van der Waals surface area contributed by atoms with Gasteiger partial charge < -0.3 is 16.8 Å². The molecular weight excluding hydrogens is 451 g/mol. The molecule has 4 aromatic rings. The Labute approximate surface area is 199 Å². The van der Waals surface area contributed by atoms with E-state index in [2.05, 4.69) is 20.4 Å². The van der Waals surface area contributed by atoms with E-state index < -0.39 is 11.4 Å². The van der Waals surface area contributed by atoms with Crippen LogP contribution in [0.1, 0.15) is 24.1 Å². The first kappa shape index (κ1) is 21.3. The van der Waals surface area contributed by atoms with Crippen LogP contribution in [0.25, 0.3) is 21.9 Å². The second-order valence-electron chi connectivity index (χ2n) is 9.02. The molecule has 11 heteroatoms. The van der Waals surface area contributed by atoms with Gasteiger partial charge in [-0.05, 0) is 42.8 Å². The number of hydroxylamine groups is 2. The zero-order valence-electron chi connectivity index (χ0n) is 19.2. The molecule has 2 aliphatic rings. The van der Waals surface area contributed by atoms with Crippen LogP contribution >= 0.6 is 0 Å². The molecule has 10 nitrogen and oxygen atoms in total. The third-order valence-electron chi connectivity index (χ3n) is 6.70. The van der Waals surface area contributed by atoms with Crippen molar-refractivity contribution < 1.29 is 14.0 Å². The minimum absolute atomic E-state index is 0.00235. The first-order chi connectivity index (χ1) is 16.8. The third-order valence-corrected chi connectivity index (χ3v) is 6.70. The third kappa shape index (κ3) is 3.35. The van der Waals surface area contributed by atoms with Gasteiger partial charge in [-0.2, -0.15) is 5.10 Å². The van der Waals surface area contributed by atoms with Gasteiger partial charge in [0, 0.05) is 42.0 Å². The molecule has 6 rings (SSSR count). The summed E-state index contributed by atoms with van der Waals surface area (Å²) in [6.45, 7) is 1.90. The van der Waals surface area contributed by atoms with Gasteiger partial charge in [0.15, 0.2) is 11.6 Å². The number of fused-ring (bicyclic) bond motifs is 3. The summed E-state index contributed by atoms with van der Waals surface area (Å²) in [5.41, 5.74) is 14.5. The predicted molar refractivity (Wildman–Crippen MR) is 129 cm³/mol. The molecule has 35 heavy (non-hydrogen) atoms. The number of amides is 1. The highest BCUT2D eigenvalue weighted by Gasteiger charge is 2.52.